The molecule has 0 bridgehead atoms. The minimum atomic E-state index is -4.32. The number of rotatable bonds is 14. The fraction of sp³-hybridized carbons (Fsp3) is 0.333. The second-order valence-corrected chi connectivity index (χ2v) is 11.8. The van der Waals surface area contributed by atoms with Crippen LogP contribution in [0.3, 0.4) is 0 Å². The van der Waals surface area contributed by atoms with Crippen molar-refractivity contribution in [2.75, 3.05) is 6.61 Å². The van der Waals surface area contributed by atoms with Gasteiger partial charge in [0, 0.05) is 52.3 Å². The monoisotopic (exact) mass is 665 g/mol. The lowest BCUT2D eigenvalue weighted by Gasteiger charge is -2.18. The van der Waals surface area contributed by atoms with Crippen molar-refractivity contribution in [3.8, 4) is 5.75 Å². The van der Waals surface area contributed by atoms with E-state index in [9.17, 15) is 32.5 Å². The van der Waals surface area contributed by atoms with Gasteiger partial charge in [-0.15, -0.1) is 0 Å². The standard InChI is InChI=1S/C36H35F4N3O5/c1-4-6-9-23(5-2)20-42-31-17-14-25(18-29(31)30-19-32(43(45)46)27-10-7-8-11-28(27)34(30)42)33(41-48-22(3)44)24-12-15-26(16-13-24)47-21-36(39,40)35(37)38/h7-8,10-19,23,35H,4-6,9,20-21H2,1-3H3. The highest BCUT2D eigenvalue weighted by molar-refractivity contribution is 6.22. The van der Waals surface area contributed by atoms with E-state index >= 15 is 0 Å². The zero-order valence-electron chi connectivity index (χ0n) is 26.7. The molecular weight excluding hydrogens is 630 g/mol. The SMILES string of the molecule is CCCCC(CC)Cn1c2ccc(C(=NOC(C)=O)c3ccc(OCC(F)(F)C(F)F)cc3)cc2c2cc([N+](=O)[O-])c3ccccc3c21. The van der Waals surface area contributed by atoms with Gasteiger partial charge in [-0.3, -0.25) is 10.1 Å². The molecule has 0 aliphatic carbocycles. The molecule has 0 saturated carbocycles. The number of carbonyl (C=O) groups excluding carboxylic acids is 1. The summed E-state index contributed by atoms with van der Waals surface area (Å²) < 4.78 is 59.1. The number of unbranched alkanes of at least 4 members (excludes halogenated alkanes) is 1. The smallest absolute Gasteiger partial charge is 0.340 e. The second-order valence-electron chi connectivity index (χ2n) is 11.8. The molecule has 1 atom stereocenters. The Balaban J connectivity index is 1.67. The van der Waals surface area contributed by atoms with E-state index in [0.717, 1.165) is 47.5 Å². The molecule has 12 heteroatoms. The van der Waals surface area contributed by atoms with Crippen LogP contribution in [0.15, 0.2) is 78.0 Å². The number of carbonyl (C=O) groups is 1. The van der Waals surface area contributed by atoms with Crippen LogP contribution >= 0.6 is 0 Å². The van der Waals surface area contributed by atoms with Crippen molar-refractivity contribution in [3.05, 3.63) is 94.0 Å². The first kappa shape index (κ1) is 34.3. The first-order chi connectivity index (χ1) is 22.9. The maximum absolute atomic E-state index is 13.4. The van der Waals surface area contributed by atoms with Crippen LogP contribution in [-0.2, 0) is 16.2 Å². The summed E-state index contributed by atoms with van der Waals surface area (Å²) in [5, 5.41) is 19.0. The Labute approximate surface area is 274 Å². The number of aromatic nitrogens is 1. The van der Waals surface area contributed by atoms with E-state index in [1.807, 2.05) is 24.3 Å². The Morgan fingerprint density at radius 3 is 2.27 bits per heavy atom. The third-order valence-corrected chi connectivity index (χ3v) is 8.44. The topological polar surface area (TPSA) is 96.0 Å². The number of nitrogens with zero attached hydrogens (tertiary/aromatic N) is 3. The Bertz CT molecular complexity index is 1990. The molecule has 4 aromatic carbocycles. The fourth-order valence-corrected chi connectivity index (χ4v) is 5.94. The Morgan fingerprint density at radius 1 is 0.958 bits per heavy atom. The predicted molar refractivity (Wildman–Crippen MR) is 177 cm³/mol. The van der Waals surface area contributed by atoms with Gasteiger partial charge in [0.1, 0.15) is 11.5 Å². The Kier molecular flexibility index (Phi) is 10.3. The summed E-state index contributed by atoms with van der Waals surface area (Å²) in [4.78, 5) is 28.7. The number of oxime groups is 1. The lowest BCUT2D eigenvalue weighted by molar-refractivity contribution is -0.382. The molecular formula is C36H35F4N3O5. The fourth-order valence-electron chi connectivity index (χ4n) is 5.94. The van der Waals surface area contributed by atoms with E-state index in [1.165, 1.54) is 31.2 Å². The molecule has 1 unspecified atom stereocenters. The molecule has 5 aromatic rings. The van der Waals surface area contributed by atoms with Gasteiger partial charge in [0.25, 0.3) is 5.69 Å². The normalized spacial score (nSPS) is 13.0. The highest BCUT2D eigenvalue weighted by atomic mass is 19.3. The molecule has 0 N–H and O–H groups in total. The third kappa shape index (κ3) is 7.12. The maximum atomic E-state index is 13.4. The van der Waals surface area contributed by atoms with Crippen LogP contribution in [0.1, 0.15) is 57.6 Å². The van der Waals surface area contributed by atoms with Crippen LogP contribution in [0.4, 0.5) is 23.2 Å². The van der Waals surface area contributed by atoms with Crippen LogP contribution in [0.25, 0.3) is 32.6 Å². The molecule has 0 amide bonds. The van der Waals surface area contributed by atoms with Gasteiger partial charge in [0.05, 0.1) is 15.8 Å². The summed E-state index contributed by atoms with van der Waals surface area (Å²) in [6.45, 7) is 4.71. The molecule has 252 valence electrons. The molecule has 48 heavy (non-hydrogen) atoms. The maximum Gasteiger partial charge on any atom is 0.340 e. The number of hydrogen-bond acceptors (Lipinski definition) is 6. The van der Waals surface area contributed by atoms with Crippen LogP contribution in [0.2, 0.25) is 0 Å². The molecule has 1 aromatic heterocycles. The summed E-state index contributed by atoms with van der Waals surface area (Å²) in [7, 11) is 0. The Morgan fingerprint density at radius 2 is 1.65 bits per heavy atom. The molecule has 5 rings (SSSR count). The number of benzene rings is 4. The number of nitro benzene ring substituents is 1. The van der Waals surface area contributed by atoms with Crippen LogP contribution < -0.4 is 4.74 Å². The average molecular weight is 666 g/mol. The van der Waals surface area contributed by atoms with E-state index in [4.69, 9.17) is 9.57 Å². The van der Waals surface area contributed by atoms with E-state index < -0.39 is 24.9 Å². The van der Waals surface area contributed by atoms with Gasteiger partial charge < -0.3 is 14.1 Å². The number of hydrogen-bond donors (Lipinski definition) is 0. The summed E-state index contributed by atoms with van der Waals surface area (Å²) in [5.74, 6) is -4.70. The van der Waals surface area contributed by atoms with Gasteiger partial charge in [-0.05, 0) is 54.8 Å². The summed E-state index contributed by atoms with van der Waals surface area (Å²) in [6.07, 6.45) is 0.282. The molecule has 0 aliphatic heterocycles. The van der Waals surface area contributed by atoms with E-state index in [2.05, 4.69) is 23.6 Å². The zero-order valence-corrected chi connectivity index (χ0v) is 26.7. The molecule has 1 heterocycles. The number of halogens is 4. The van der Waals surface area contributed by atoms with Gasteiger partial charge in [0.2, 0.25) is 0 Å². The van der Waals surface area contributed by atoms with Gasteiger partial charge >= 0.3 is 18.3 Å². The molecule has 0 radical (unpaired) electrons. The van der Waals surface area contributed by atoms with Gasteiger partial charge in [-0.25, -0.2) is 13.6 Å². The predicted octanol–water partition coefficient (Wildman–Crippen LogP) is 9.67. The van der Waals surface area contributed by atoms with Gasteiger partial charge in [-0.2, -0.15) is 8.78 Å². The van der Waals surface area contributed by atoms with Crippen molar-refractivity contribution < 1.29 is 36.9 Å². The summed E-state index contributed by atoms with van der Waals surface area (Å²) in [5.41, 5.74) is 2.84. The minimum Gasteiger partial charge on any atom is -0.487 e. The number of fused-ring (bicyclic) bond motifs is 5. The highest BCUT2D eigenvalue weighted by Gasteiger charge is 2.41. The van der Waals surface area contributed by atoms with Crippen LogP contribution in [0, 0.1) is 16.0 Å². The van der Waals surface area contributed by atoms with E-state index in [1.54, 1.807) is 24.3 Å². The third-order valence-electron chi connectivity index (χ3n) is 8.44. The van der Waals surface area contributed by atoms with E-state index in [0.29, 0.717) is 34.4 Å². The molecule has 0 saturated heterocycles. The minimum absolute atomic E-state index is 0.0256. The lowest BCUT2D eigenvalue weighted by Crippen LogP contribution is -2.33. The van der Waals surface area contributed by atoms with Gasteiger partial charge in [-0.1, -0.05) is 62.5 Å². The van der Waals surface area contributed by atoms with E-state index in [-0.39, 0.29) is 22.1 Å². The summed E-state index contributed by atoms with van der Waals surface area (Å²) in [6, 6.07) is 20.0. The lowest BCUT2D eigenvalue weighted by atomic mass is 9.99. The summed E-state index contributed by atoms with van der Waals surface area (Å²) >= 11 is 0. The molecule has 0 spiro atoms. The number of alkyl halides is 4. The molecule has 8 nitrogen and oxygen atoms in total. The van der Waals surface area contributed by atoms with Crippen molar-refractivity contribution in [3.63, 3.8) is 0 Å². The first-order valence-corrected chi connectivity index (χ1v) is 15.7. The van der Waals surface area contributed by atoms with Crippen molar-refractivity contribution >= 4 is 49.9 Å². The van der Waals surface area contributed by atoms with Crippen LogP contribution in [0.5, 0.6) is 5.75 Å². The zero-order chi connectivity index (χ0) is 34.6. The van der Waals surface area contributed by atoms with Gasteiger partial charge in [0.15, 0.2) is 6.61 Å². The van der Waals surface area contributed by atoms with Crippen molar-refractivity contribution in [2.45, 2.75) is 65.3 Å². The largest absolute Gasteiger partial charge is 0.487 e. The average Bonchev–Trinajstić information content (AvgIpc) is 3.38. The number of ether oxygens (including phenoxy) is 1. The van der Waals surface area contributed by atoms with Crippen molar-refractivity contribution in [1.29, 1.82) is 0 Å². The second kappa shape index (κ2) is 14.4. The van der Waals surface area contributed by atoms with Crippen molar-refractivity contribution in [1.82, 2.24) is 4.57 Å². The molecule has 0 fully saturated rings. The van der Waals surface area contributed by atoms with Crippen LogP contribution in [-0.4, -0.2) is 40.1 Å². The number of nitro groups is 1. The van der Waals surface area contributed by atoms with Crippen molar-refractivity contribution in [2.24, 2.45) is 11.1 Å². The highest BCUT2D eigenvalue weighted by Crippen LogP contribution is 2.40. The quantitative estimate of drug-likeness (QED) is 0.0387. The number of non-ortho nitro benzene ring substituents is 1. The Hall–Kier alpha value is -5.00. The first-order valence-electron chi connectivity index (χ1n) is 15.7. The molecule has 0 aliphatic rings.